The Labute approximate surface area is 129 Å². The summed E-state index contributed by atoms with van der Waals surface area (Å²) in [7, 11) is 0. The summed E-state index contributed by atoms with van der Waals surface area (Å²) in [5.74, 6) is 1.46. The third kappa shape index (κ3) is 2.89. The van der Waals surface area contributed by atoms with E-state index < -0.39 is 0 Å². The Kier molecular flexibility index (Phi) is 3.87. The molecule has 0 saturated carbocycles. The van der Waals surface area contributed by atoms with Crippen LogP contribution in [0.4, 0.5) is 5.95 Å². The number of aryl methyl sites for hydroxylation is 1. The highest BCUT2D eigenvalue weighted by molar-refractivity contribution is 6.33. The summed E-state index contributed by atoms with van der Waals surface area (Å²) >= 11 is 6.36. The number of rotatable bonds is 2. The zero-order chi connectivity index (χ0) is 15.0. The van der Waals surface area contributed by atoms with Crippen molar-refractivity contribution in [2.45, 2.75) is 32.9 Å². The van der Waals surface area contributed by atoms with E-state index in [0.29, 0.717) is 12.1 Å². The van der Waals surface area contributed by atoms with E-state index in [1.54, 1.807) is 0 Å². The normalized spacial score (nSPS) is 22.6. The quantitative estimate of drug-likeness (QED) is 0.895. The van der Waals surface area contributed by atoms with Gasteiger partial charge < -0.3 is 10.2 Å². The second-order valence-corrected chi connectivity index (χ2v) is 6.17. The van der Waals surface area contributed by atoms with Gasteiger partial charge in [-0.25, -0.2) is 0 Å². The van der Waals surface area contributed by atoms with Crippen LogP contribution in [0.3, 0.4) is 0 Å². The number of halogens is 1. The van der Waals surface area contributed by atoms with Crippen molar-refractivity contribution in [1.29, 1.82) is 0 Å². The van der Waals surface area contributed by atoms with Crippen molar-refractivity contribution >= 4 is 17.5 Å². The van der Waals surface area contributed by atoms with Gasteiger partial charge in [-0.05, 0) is 32.4 Å². The van der Waals surface area contributed by atoms with E-state index >= 15 is 0 Å². The third-order valence-corrected chi connectivity index (χ3v) is 4.26. The number of nitrogens with one attached hydrogen (secondary N) is 2. The molecule has 2 heterocycles. The SMILES string of the molecule is Cc1cccc(-c2nc(N3CC(C)NC(C)C3)n[nH]2)c1Cl. The van der Waals surface area contributed by atoms with Gasteiger partial charge in [0.1, 0.15) is 0 Å². The maximum atomic E-state index is 6.36. The fourth-order valence-corrected chi connectivity index (χ4v) is 3.05. The Morgan fingerprint density at radius 1 is 1.24 bits per heavy atom. The Balaban J connectivity index is 1.88. The van der Waals surface area contributed by atoms with Gasteiger partial charge in [0, 0.05) is 30.7 Å². The van der Waals surface area contributed by atoms with Crippen LogP contribution in [0.25, 0.3) is 11.4 Å². The average Bonchev–Trinajstić information content (AvgIpc) is 2.90. The number of aromatic nitrogens is 3. The smallest absolute Gasteiger partial charge is 0.245 e. The van der Waals surface area contributed by atoms with E-state index in [-0.39, 0.29) is 0 Å². The number of aromatic amines is 1. The molecule has 6 heteroatoms. The highest BCUT2D eigenvalue weighted by atomic mass is 35.5. The van der Waals surface area contributed by atoms with Gasteiger partial charge in [-0.3, -0.25) is 5.10 Å². The zero-order valence-corrected chi connectivity index (χ0v) is 13.3. The first-order valence-corrected chi connectivity index (χ1v) is 7.61. The minimum absolute atomic E-state index is 0.429. The molecule has 1 saturated heterocycles. The van der Waals surface area contributed by atoms with Crippen LogP contribution in [0, 0.1) is 6.92 Å². The molecule has 3 rings (SSSR count). The van der Waals surface area contributed by atoms with Crippen LogP contribution in [0.1, 0.15) is 19.4 Å². The van der Waals surface area contributed by atoms with Crippen molar-refractivity contribution in [2.75, 3.05) is 18.0 Å². The number of nitrogens with zero attached hydrogens (tertiary/aromatic N) is 3. The maximum absolute atomic E-state index is 6.36. The molecule has 2 unspecified atom stereocenters. The number of H-pyrrole nitrogens is 1. The molecule has 2 N–H and O–H groups in total. The first-order chi connectivity index (χ1) is 10.0. The van der Waals surface area contributed by atoms with Crippen molar-refractivity contribution in [2.24, 2.45) is 0 Å². The second kappa shape index (κ2) is 5.66. The summed E-state index contributed by atoms with van der Waals surface area (Å²) in [6.07, 6.45) is 0. The molecule has 112 valence electrons. The highest BCUT2D eigenvalue weighted by Gasteiger charge is 2.24. The summed E-state index contributed by atoms with van der Waals surface area (Å²) in [6.45, 7) is 8.15. The molecule has 0 radical (unpaired) electrons. The second-order valence-electron chi connectivity index (χ2n) is 5.79. The highest BCUT2D eigenvalue weighted by Crippen LogP contribution is 2.29. The predicted molar refractivity (Wildman–Crippen MR) is 85.8 cm³/mol. The minimum Gasteiger partial charge on any atom is -0.336 e. The lowest BCUT2D eigenvalue weighted by molar-refractivity contribution is 0.403. The standard InChI is InChI=1S/C15H20ClN5/c1-9-5-4-6-12(13(9)16)14-18-15(20-19-14)21-7-10(2)17-11(3)8-21/h4-6,10-11,17H,7-8H2,1-3H3,(H,18,19,20). The lowest BCUT2D eigenvalue weighted by Crippen LogP contribution is -2.54. The van der Waals surface area contributed by atoms with Gasteiger partial charge in [-0.1, -0.05) is 23.7 Å². The van der Waals surface area contributed by atoms with Crippen molar-refractivity contribution in [1.82, 2.24) is 20.5 Å². The molecule has 2 atom stereocenters. The minimum atomic E-state index is 0.429. The number of benzene rings is 1. The largest absolute Gasteiger partial charge is 0.336 e. The summed E-state index contributed by atoms with van der Waals surface area (Å²) in [4.78, 5) is 6.83. The van der Waals surface area contributed by atoms with E-state index in [0.717, 1.165) is 41.0 Å². The Bertz CT molecular complexity index is 629. The van der Waals surface area contributed by atoms with Crippen molar-refractivity contribution in [3.05, 3.63) is 28.8 Å². The monoisotopic (exact) mass is 305 g/mol. The van der Waals surface area contributed by atoms with Gasteiger partial charge in [0.2, 0.25) is 5.95 Å². The van der Waals surface area contributed by atoms with E-state index in [1.165, 1.54) is 0 Å². The topological polar surface area (TPSA) is 56.8 Å². The molecule has 0 spiro atoms. The summed E-state index contributed by atoms with van der Waals surface area (Å²) in [5, 5.41) is 11.6. The van der Waals surface area contributed by atoms with Gasteiger partial charge in [0.05, 0.1) is 5.02 Å². The van der Waals surface area contributed by atoms with Crippen LogP contribution < -0.4 is 10.2 Å². The Hall–Kier alpha value is -1.59. The van der Waals surface area contributed by atoms with Crippen molar-refractivity contribution in [3.63, 3.8) is 0 Å². The average molecular weight is 306 g/mol. The fourth-order valence-electron chi connectivity index (χ4n) is 2.84. The van der Waals surface area contributed by atoms with Crippen molar-refractivity contribution < 1.29 is 0 Å². The van der Waals surface area contributed by atoms with Gasteiger partial charge in [-0.2, -0.15) is 4.98 Å². The molecule has 1 aliphatic heterocycles. The number of hydrogen-bond acceptors (Lipinski definition) is 4. The van der Waals surface area contributed by atoms with Gasteiger partial charge in [0.15, 0.2) is 5.82 Å². The first-order valence-electron chi connectivity index (χ1n) is 7.23. The molecular weight excluding hydrogens is 286 g/mol. The van der Waals surface area contributed by atoms with Crippen LogP contribution in [-0.2, 0) is 0 Å². The summed E-state index contributed by atoms with van der Waals surface area (Å²) in [6, 6.07) is 6.79. The number of hydrogen-bond donors (Lipinski definition) is 2. The molecule has 1 fully saturated rings. The summed E-state index contributed by atoms with van der Waals surface area (Å²) in [5.41, 5.74) is 1.93. The van der Waals surface area contributed by atoms with Gasteiger partial charge in [-0.15, -0.1) is 5.10 Å². The molecule has 2 aromatic rings. The van der Waals surface area contributed by atoms with E-state index in [9.17, 15) is 0 Å². The lowest BCUT2D eigenvalue weighted by Gasteiger charge is -2.35. The summed E-state index contributed by atoms with van der Waals surface area (Å²) < 4.78 is 0. The number of anilines is 1. The molecule has 0 bridgehead atoms. The van der Waals surface area contributed by atoms with Gasteiger partial charge >= 0.3 is 0 Å². The van der Waals surface area contributed by atoms with Crippen LogP contribution in [0.15, 0.2) is 18.2 Å². The fraction of sp³-hybridized carbons (Fsp3) is 0.467. The molecule has 0 amide bonds. The Morgan fingerprint density at radius 3 is 2.67 bits per heavy atom. The van der Waals surface area contributed by atoms with E-state index in [2.05, 4.69) is 39.2 Å². The first kappa shape index (κ1) is 14.4. The molecule has 1 aromatic carbocycles. The molecule has 0 aliphatic carbocycles. The molecular formula is C15H20ClN5. The predicted octanol–water partition coefficient (Wildman–Crippen LogP) is 2.62. The van der Waals surface area contributed by atoms with Gasteiger partial charge in [0.25, 0.3) is 0 Å². The Morgan fingerprint density at radius 2 is 1.95 bits per heavy atom. The zero-order valence-electron chi connectivity index (χ0n) is 12.5. The van der Waals surface area contributed by atoms with Crippen LogP contribution >= 0.6 is 11.6 Å². The maximum Gasteiger partial charge on any atom is 0.245 e. The van der Waals surface area contributed by atoms with Crippen LogP contribution in [0.5, 0.6) is 0 Å². The van der Waals surface area contributed by atoms with E-state index in [1.807, 2.05) is 25.1 Å². The molecule has 1 aliphatic rings. The van der Waals surface area contributed by atoms with Crippen LogP contribution in [-0.4, -0.2) is 40.4 Å². The molecule has 5 nitrogen and oxygen atoms in total. The van der Waals surface area contributed by atoms with Crippen molar-refractivity contribution in [3.8, 4) is 11.4 Å². The lowest BCUT2D eigenvalue weighted by atomic mass is 10.1. The van der Waals surface area contributed by atoms with E-state index in [4.69, 9.17) is 11.6 Å². The molecule has 21 heavy (non-hydrogen) atoms. The molecule has 1 aromatic heterocycles. The third-order valence-electron chi connectivity index (χ3n) is 3.76. The van der Waals surface area contributed by atoms with Crippen LogP contribution in [0.2, 0.25) is 5.02 Å². The number of piperazine rings is 1.